The molecule has 0 heterocycles. The Morgan fingerprint density at radius 3 is 2.35 bits per heavy atom. The van der Waals surface area contributed by atoms with Gasteiger partial charge in [0.1, 0.15) is 0 Å². The van der Waals surface area contributed by atoms with E-state index in [4.69, 9.17) is 5.11 Å². The zero-order chi connectivity index (χ0) is 13.7. The van der Waals surface area contributed by atoms with E-state index in [0.29, 0.717) is 0 Å². The summed E-state index contributed by atoms with van der Waals surface area (Å²) in [6, 6.07) is 0. The standard InChI is InChI=1S/C8H17F3N2O3S/c1-3-17(15,16)12-4-5-13(2)6-7(14)8(9,10)11/h7,12,14H,3-6H2,1-2H3. The van der Waals surface area contributed by atoms with Crippen molar-refractivity contribution >= 4 is 10.0 Å². The Morgan fingerprint density at radius 1 is 1.41 bits per heavy atom. The van der Waals surface area contributed by atoms with Crippen molar-refractivity contribution in [2.75, 3.05) is 32.4 Å². The minimum atomic E-state index is -4.66. The van der Waals surface area contributed by atoms with Crippen LogP contribution in [0.1, 0.15) is 6.92 Å². The van der Waals surface area contributed by atoms with Gasteiger partial charge in [0.25, 0.3) is 0 Å². The Hall–Kier alpha value is -0.380. The van der Waals surface area contributed by atoms with Gasteiger partial charge in [-0.15, -0.1) is 0 Å². The van der Waals surface area contributed by atoms with E-state index >= 15 is 0 Å². The van der Waals surface area contributed by atoms with Crippen LogP contribution in [0.4, 0.5) is 13.2 Å². The summed E-state index contributed by atoms with van der Waals surface area (Å²) in [5.41, 5.74) is 0. The molecule has 0 aromatic carbocycles. The summed E-state index contributed by atoms with van der Waals surface area (Å²) in [7, 11) is -1.96. The van der Waals surface area contributed by atoms with E-state index < -0.39 is 28.8 Å². The minimum absolute atomic E-state index is 0.0112. The number of halogens is 3. The average Bonchev–Trinajstić information content (AvgIpc) is 2.15. The smallest absolute Gasteiger partial charge is 0.382 e. The first kappa shape index (κ1) is 16.6. The molecule has 9 heteroatoms. The van der Waals surface area contributed by atoms with E-state index in [9.17, 15) is 21.6 Å². The van der Waals surface area contributed by atoms with E-state index in [2.05, 4.69) is 4.72 Å². The first-order chi connectivity index (χ1) is 7.58. The second kappa shape index (κ2) is 6.53. The molecule has 0 bridgehead atoms. The molecule has 0 saturated carbocycles. The molecule has 0 aliphatic heterocycles. The zero-order valence-corrected chi connectivity index (χ0v) is 10.5. The van der Waals surface area contributed by atoms with Crippen LogP contribution in [0.15, 0.2) is 0 Å². The number of nitrogens with zero attached hydrogens (tertiary/aromatic N) is 1. The lowest BCUT2D eigenvalue weighted by molar-refractivity contribution is -0.207. The van der Waals surface area contributed by atoms with Gasteiger partial charge in [0.05, 0.1) is 5.75 Å². The number of hydrogen-bond donors (Lipinski definition) is 2. The predicted octanol–water partition coefficient (Wildman–Crippen LogP) is -0.219. The Bertz CT molecular complexity index is 318. The summed E-state index contributed by atoms with van der Waals surface area (Å²) in [4.78, 5) is 1.20. The molecular weight excluding hydrogens is 261 g/mol. The number of nitrogens with one attached hydrogen (secondary N) is 1. The highest BCUT2D eigenvalue weighted by atomic mass is 32.2. The Kier molecular flexibility index (Phi) is 6.38. The normalized spacial score (nSPS) is 15.2. The molecular formula is C8H17F3N2O3S. The molecule has 104 valence electrons. The fourth-order valence-electron chi connectivity index (χ4n) is 0.984. The average molecular weight is 278 g/mol. The van der Waals surface area contributed by atoms with Gasteiger partial charge in [-0.25, -0.2) is 13.1 Å². The third-order valence-electron chi connectivity index (χ3n) is 2.06. The number of likely N-dealkylation sites (N-methyl/N-ethyl adjacent to an activating group) is 1. The van der Waals surface area contributed by atoms with Crippen LogP contribution in [0.25, 0.3) is 0 Å². The maximum absolute atomic E-state index is 12.0. The topological polar surface area (TPSA) is 69.6 Å². The summed E-state index contributed by atoms with van der Waals surface area (Å²) >= 11 is 0. The van der Waals surface area contributed by atoms with Gasteiger partial charge in [-0.3, -0.25) is 0 Å². The van der Waals surface area contributed by atoms with E-state index in [1.54, 1.807) is 0 Å². The monoisotopic (exact) mass is 278 g/mol. The molecule has 0 saturated heterocycles. The molecule has 0 aliphatic carbocycles. The van der Waals surface area contributed by atoms with E-state index in [1.165, 1.54) is 18.9 Å². The minimum Gasteiger partial charge on any atom is -0.382 e. The van der Waals surface area contributed by atoms with Gasteiger partial charge in [0, 0.05) is 19.6 Å². The Morgan fingerprint density at radius 2 is 1.94 bits per heavy atom. The fraction of sp³-hybridized carbons (Fsp3) is 1.00. The van der Waals surface area contributed by atoms with Gasteiger partial charge in [-0.2, -0.15) is 13.2 Å². The Labute approximate surface area is 98.7 Å². The van der Waals surface area contributed by atoms with Crippen molar-refractivity contribution < 1.29 is 26.7 Å². The summed E-state index contributed by atoms with van der Waals surface area (Å²) in [5.74, 6) is -0.0815. The first-order valence-electron chi connectivity index (χ1n) is 4.99. The fourth-order valence-corrected chi connectivity index (χ4v) is 1.59. The Balaban J connectivity index is 3.93. The molecule has 0 fully saturated rings. The number of rotatable bonds is 7. The van der Waals surface area contributed by atoms with E-state index in [1.807, 2.05) is 0 Å². The molecule has 17 heavy (non-hydrogen) atoms. The van der Waals surface area contributed by atoms with Crippen LogP contribution in [-0.4, -0.2) is 63.1 Å². The number of alkyl halides is 3. The molecule has 0 radical (unpaired) electrons. The first-order valence-corrected chi connectivity index (χ1v) is 6.64. The number of aliphatic hydroxyl groups is 1. The maximum Gasteiger partial charge on any atom is 0.415 e. The van der Waals surface area contributed by atoms with Crippen LogP contribution in [0.5, 0.6) is 0 Å². The van der Waals surface area contributed by atoms with Crippen molar-refractivity contribution in [1.82, 2.24) is 9.62 Å². The molecule has 0 spiro atoms. The third-order valence-corrected chi connectivity index (χ3v) is 3.46. The molecule has 0 rings (SSSR count). The van der Waals surface area contributed by atoms with Crippen molar-refractivity contribution in [3.63, 3.8) is 0 Å². The quantitative estimate of drug-likeness (QED) is 0.675. The number of aliphatic hydroxyl groups excluding tert-OH is 1. The van der Waals surface area contributed by atoms with Crippen molar-refractivity contribution in [3.8, 4) is 0 Å². The van der Waals surface area contributed by atoms with Gasteiger partial charge in [0.2, 0.25) is 10.0 Å². The second-order valence-electron chi connectivity index (χ2n) is 3.62. The van der Waals surface area contributed by atoms with Crippen molar-refractivity contribution in [2.24, 2.45) is 0 Å². The van der Waals surface area contributed by atoms with E-state index in [0.717, 1.165) is 0 Å². The largest absolute Gasteiger partial charge is 0.415 e. The van der Waals surface area contributed by atoms with Crippen LogP contribution < -0.4 is 4.72 Å². The zero-order valence-electron chi connectivity index (χ0n) is 9.66. The molecule has 0 aromatic rings. The highest BCUT2D eigenvalue weighted by molar-refractivity contribution is 7.89. The lowest BCUT2D eigenvalue weighted by atomic mass is 10.3. The van der Waals surface area contributed by atoms with E-state index in [-0.39, 0.29) is 18.8 Å². The maximum atomic E-state index is 12.0. The van der Waals surface area contributed by atoms with Crippen LogP contribution in [0.2, 0.25) is 0 Å². The van der Waals surface area contributed by atoms with Crippen LogP contribution >= 0.6 is 0 Å². The highest BCUT2D eigenvalue weighted by Crippen LogP contribution is 2.20. The number of sulfonamides is 1. The summed E-state index contributed by atoms with van der Waals surface area (Å²) < 4.78 is 60.2. The van der Waals surface area contributed by atoms with Gasteiger partial charge in [-0.1, -0.05) is 0 Å². The molecule has 5 nitrogen and oxygen atoms in total. The van der Waals surface area contributed by atoms with Crippen LogP contribution in [0, 0.1) is 0 Å². The lowest BCUT2D eigenvalue weighted by Crippen LogP contribution is -2.42. The SMILES string of the molecule is CCS(=O)(=O)NCCN(C)CC(O)C(F)(F)F. The number of hydrogen-bond acceptors (Lipinski definition) is 4. The van der Waals surface area contributed by atoms with Crippen molar-refractivity contribution in [1.29, 1.82) is 0 Å². The van der Waals surface area contributed by atoms with Gasteiger partial charge >= 0.3 is 6.18 Å². The molecule has 0 aliphatic rings. The second-order valence-corrected chi connectivity index (χ2v) is 5.71. The third kappa shape index (κ3) is 7.53. The predicted molar refractivity (Wildman–Crippen MR) is 57.0 cm³/mol. The molecule has 2 N–H and O–H groups in total. The van der Waals surface area contributed by atoms with Gasteiger partial charge < -0.3 is 10.0 Å². The van der Waals surface area contributed by atoms with Gasteiger partial charge in [0.15, 0.2) is 6.10 Å². The molecule has 1 unspecified atom stereocenters. The van der Waals surface area contributed by atoms with Crippen molar-refractivity contribution in [2.45, 2.75) is 19.2 Å². The van der Waals surface area contributed by atoms with Crippen LogP contribution in [-0.2, 0) is 10.0 Å². The van der Waals surface area contributed by atoms with Crippen molar-refractivity contribution in [3.05, 3.63) is 0 Å². The summed E-state index contributed by atoms with van der Waals surface area (Å²) in [5, 5.41) is 8.76. The summed E-state index contributed by atoms with van der Waals surface area (Å²) in [6.45, 7) is 0.973. The van der Waals surface area contributed by atoms with Gasteiger partial charge in [-0.05, 0) is 14.0 Å². The summed E-state index contributed by atoms with van der Waals surface area (Å²) in [6.07, 6.45) is -7.08. The lowest BCUT2D eigenvalue weighted by Gasteiger charge is -2.22. The molecule has 0 aromatic heterocycles. The molecule has 1 atom stereocenters. The molecule has 0 amide bonds. The van der Waals surface area contributed by atoms with Crippen LogP contribution in [0.3, 0.4) is 0 Å². The highest BCUT2D eigenvalue weighted by Gasteiger charge is 2.38.